The van der Waals surface area contributed by atoms with Gasteiger partial charge in [0.25, 0.3) is 0 Å². The van der Waals surface area contributed by atoms with Gasteiger partial charge in [-0.1, -0.05) is 18.2 Å². The van der Waals surface area contributed by atoms with Crippen LogP contribution in [0.4, 0.5) is 17.6 Å². The summed E-state index contributed by atoms with van der Waals surface area (Å²) in [5, 5.41) is 3.10. The van der Waals surface area contributed by atoms with Gasteiger partial charge in [-0.3, -0.25) is 5.43 Å². The number of hydrazine groups is 1. The molecule has 0 saturated carbocycles. The molecule has 2 atom stereocenters. The zero-order valence-electron chi connectivity index (χ0n) is 15.3. The molecule has 0 spiro atoms. The van der Waals surface area contributed by atoms with Crippen molar-refractivity contribution in [2.75, 3.05) is 13.1 Å². The average Bonchev–Trinajstić information content (AvgIpc) is 3.06. The molecule has 2 aromatic carbocycles. The Balaban J connectivity index is 1.64. The fraction of sp³-hybridized carbons (Fsp3) is 0.400. The molecule has 2 unspecified atom stereocenters. The zero-order chi connectivity index (χ0) is 19.6. The number of nitrogens with one attached hydrogen (secondary N) is 3. The summed E-state index contributed by atoms with van der Waals surface area (Å²) in [5.74, 6) is -0.440. The molecule has 1 aliphatic rings. The van der Waals surface area contributed by atoms with E-state index in [1.807, 2.05) is 0 Å². The highest BCUT2D eigenvalue weighted by Gasteiger charge is 2.31. The smallest absolute Gasteiger partial charge is 0.312 e. The highest BCUT2D eigenvalue weighted by atomic mass is 19.4. The van der Waals surface area contributed by atoms with Gasteiger partial charge in [0, 0.05) is 31.1 Å². The Morgan fingerprint density at radius 1 is 1.07 bits per heavy atom. The van der Waals surface area contributed by atoms with E-state index in [0.29, 0.717) is 6.54 Å². The Morgan fingerprint density at radius 3 is 2.56 bits per heavy atom. The van der Waals surface area contributed by atoms with Gasteiger partial charge in [0.1, 0.15) is 5.82 Å². The number of benzene rings is 2. The first-order valence-corrected chi connectivity index (χ1v) is 8.87. The second-order valence-corrected chi connectivity index (χ2v) is 7.04. The van der Waals surface area contributed by atoms with E-state index in [-0.39, 0.29) is 24.1 Å². The van der Waals surface area contributed by atoms with E-state index in [2.05, 4.69) is 48.2 Å². The normalized spacial score (nSPS) is 20.2. The highest BCUT2D eigenvalue weighted by molar-refractivity contribution is 5.32. The van der Waals surface area contributed by atoms with Gasteiger partial charge < -0.3 is 5.32 Å². The molecule has 1 fully saturated rings. The van der Waals surface area contributed by atoms with Crippen molar-refractivity contribution >= 4 is 0 Å². The molecule has 146 valence electrons. The molecular weight excluding hydrogens is 358 g/mol. The maximum Gasteiger partial charge on any atom is 0.416 e. The van der Waals surface area contributed by atoms with E-state index < -0.39 is 17.6 Å². The Hall–Kier alpha value is -1.96. The first-order chi connectivity index (χ1) is 12.8. The van der Waals surface area contributed by atoms with E-state index in [0.717, 1.165) is 30.3 Å². The summed E-state index contributed by atoms with van der Waals surface area (Å²) in [6.45, 7) is 5.43. The van der Waals surface area contributed by atoms with Crippen molar-refractivity contribution in [3.63, 3.8) is 0 Å². The quantitative estimate of drug-likeness (QED) is 0.685. The largest absolute Gasteiger partial charge is 0.416 e. The molecule has 0 amide bonds. The van der Waals surface area contributed by atoms with Crippen LogP contribution in [0.1, 0.15) is 33.9 Å². The van der Waals surface area contributed by atoms with Crippen LogP contribution in [0.5, 0.6) is 0 Å². The third kappa shape index (κ3) is 4.66. The second-order valence-electron chi connectivity index (χ2n) is 7.04. The summed E-state index contributed by atoms with van der Waals surface area (Å²) >= 11 is 0. The van der Waals surface area contributed by atoms with Crippen molar-refractivity contribution in [1.29, 1.82) is 0 Å². The summed E-state index contributed by atoms with van der Waals surface area (Å²) < 4.78 is 52.3. The lowest BCUT2D eigenvalue weighted by Crippen LogP contribution is -2.29. The summed E-state index contributed by atoms with van der Waals surface area (Å²) in [6, 6.07) is 8.88. The van der Waals surface area contributed by atoms with Gasteiger partial charge in [-0.2, -0.15) is 13.2 Å². The Morgan fingerprint density at radius 2 is 1.85 bits per heavy atom. The van der Waals surface area contributed by atoms with Crippen LogP contribution >= 0.6 is 0 Å². The lowest BCUT2D eigenvalue weighted by Gasteiger charge is -2.20. The van der Waals surface area contributed by atoms with E-state index in [1.165, 1.54) is 11.1 Å². The number of rotatable bonds is 5. The topological polar surface area (TPSA) is 36.1 Å². The van der Waals surface area contributed by atoms with Crippen molar-refractivity contribution in [1.82, 2.24) is 16.2 Å². The summed E-state index contributed by atoms with van der Waals surface area (Å²) in [7, 11) is 0. The van der Waals surface area contributed by atoms with Gasteiger partial charge in [0.15, 0.2) is 0 Å². The molecule has 1 aliphatic heterocycles. The molecule has 3 N–H and O–H groups in total. The predicted molar refractivity (Wildman–Crippen MR) is 96.4 cm³/mol. The molecule has 0 radical (unpaired) electrons. The van der Waals surface area contributed by atoms with Crippen LogP contribution in [0, 0.1) is 25.6 Å². The fourth-order valence-corrected chi connectivity index (χ4v) is 3.32. The number of aryl methyl sites for hydroxylation is 2. The average molecular weight is 381 g/mol. The third-order valence-corrected chi connectivity index (χ3v) is 5.08. The fourth-order valence-electron chi connectivity index (χ4n) is 3.32. The van der Waals surface area contributed by atoms with Crippen LogP contribution in [0.3, 0.4) is 0 Å². The van der Waals surface area contributed by atoms with Crippen molar-refractivity contribution < 1.29 is 17.6 Å². The number of halogens is 4. The summed E-state index contributed by atoms with van der Waals surface area (Å²) in [4.78, 5) is 0. The van der Waals surface area contributed by atoms with Crippen molar-refractivity contribution in [3.05, 3.63) is 70.0 Å². The highest BCUT2D eigenvalue weighted by Crippen LogP contribution is 2.30. The third-order valence-electron chi connectivity index (χ3n) is 5.08. The summed E-state index contributed by atoms with van der Waals surface area (Å²) in [5.41, 5.74) is 9.14. The summed E-state index contributed by atoms with van der Waals surface area (Å²) in [6.07, 6.45) is -4.48. The number of alkyl halides is 3. The van der Waals surface area contributed by atoms with Crippen LogP contribution in [-0.4, -0.2) is 13.1 Å². The minimum Gasteiger partial charge on any atom is -0.312 e. The van der Waals surface area contributed by atoms with E-state index >= 15 is 0 Å². The second kappa shape index (κ2) is 7.96. The standard InChI is InChI=1S/C20H23F4N3/c1-12-3-4-14(7-13(12)2)19-16(11-26-27-19)10-25-9-15-8-17(20(22,23)24)5-6-18(15)21/h3-8,16,19,25-27H,9-11H2,1-2H3. The molecule has 7 heteroatoms. The zero-order valence-corrected chi connectivity index (χ0v) is 15.3. The molecule has 0 aliphatic carbocycles. The van der Waals surface area contributed by atoms with Crippen LogP contribution in [0.15, 0.2) is 36.4 Å². The monoisotopic (exact) mass is 381 g/mol. The Bertz CT molecular complexity index is 804. The van der Waals surface area contributed by atoms with E-state index in [1.54, 1.807) is 0 Å². The van der Waals surface area contributed by atoms with Gasteiger partial charge in [-0.25, -0.2) is 9.82 Å². The SMILES string of the molecule is Cc1ccc(C2NNCC2CNCc2cc(C(F)(F)F)ccc2F)cc1C. The number of hydrogen-bond donors (Lipinski definition) is 3. The van der Waals surface area contributed by atoms with Crippen LogP contribution in [-0.2, 0) is 12.7 Å². The van der Waals surface area contributed by atoms with Gasteiger partial charge >= 0.3 is 6.18 Å². The maximum atomic E-state index is 13.9. The molecule has 2 aromatic rings. The van der Waals surface area contributed by atoms with Gasteiger partial charge in [0.05, 0.1) is 11.6 Å². The predicted octanol–water partition coefficient (Wildman–Crippen LogP) is 4.02. The lowest BCUT2D eigenvalue weighted by molar-refractivity contribution is -0.137. The number of hydrogen-bond acceptors (Lipinski definition) is 3. The van der Waals surface area contributed by atoms with Gasteiger partial charge in [-0.15, -0.1) is 0 Å². The van der Waals surface area contributed by atoms with Crippen LogP contribution < -0.4 is 16.2 Å². The van der Waals surface area contributed by atoms with E-state index in [9.17, 15) is 17.6 Å². The van der Waals surface area contributed by atoms with Crippen molar-refractivity contribution in [2.24, 2.45) is 5.92 Å². The lowest BCUT2D eigenvalue weighted by atomic mass is 9.92. The van der Waals surface area contributed by atoms with Crippen LogP contribution in [0.2, 0.25) is 0 Å². The minimum atomic E-state index is -4.48. The first-order valence-electron chi connectivity index (χ1n) is 8.87. The molecular formula is C20H23F4N3. The molecule has 1 heterocycles. The Kier molecular flexibility index (Phi) is 5.83. The van der Waals surface area contributed by atoms with Crippen molar-refractivity contribution in [2.45, 2.75) is 32.6 Å². The van der Waals surface area contributed by atoms with Gasteiger partial charge in [-0.05, 0) is 48.7 Å². The maximum absolute atomic E-state index is 13.9. The van der Waals surface area contributed by atoms with Crippen molar-refractivity contribution in [3.8, 4) is 0 Å². The Labute approximate surface area is 156 Å². The van der Waals surface area contributed by atoms with Gasteiger partial charge in [0.2, 0.25) is 0 Å². The molecule has 0 bridgehead atoms. The van der Waals surface area contributed by atoms with Crippen LogP contribution in [0.25, 0.3) is 0 Å². The molecule has 1 saturated heterocycles. The van der Waals surface area contributed by atoms with E-state index in [4.69, 9.17) is 0 Å². The molecule has 3 rings (SSSR count). The first kappa shape index (κ1) is 19.8. The molecule has 0 aromatic heterocycles. The molecule has 3 nitrogen and oxygen atoms in total. The minimum absolute atomic E-state index is 0.0199. The molecule has 27 heavy (non-hydrogen) atoms.